The molecule has 0 spiro atoms. The zero-order valence-electron chi connectivity index (χ0n) is 19.8. The maximum Gasteiger partial charge on any atom is 0.410 e. The van der Waals surface area contributed by atoms with Crippen molar-refractivity contribution in [3.8, 4) is 0 Å². The summed E-state index contributed by atoms with van der Waals surface area (Å²) >= 11 is 0. The van der Waals surface area contributed by atoms with Crippen molar-refractivity contribution in [2.45, 2.75) is 38.2 Å². The van der Waals surface area contributed by atoms with Gasteiger partial charge >= 0.3 is 6.09 Å². The van der Waals surface area contributed by atoms with Crippen LogP contribution >= 0.6 is 0 Å². The largest absolute Gasteiger partial charge is 0.444 e. The topological polar surface area (TPSA) is 88.9 Å². The summed E-state index contributed by atoms with van der Waals surface area (Å²) in [6.07, 6.45) is 1.71. The van der Waals surface area contributed by atoms with Crippen LogP contribution in [0.2, 0.25) is 0 Å². The number of amides is 1. The highest BCUT2D eigenvalue weighted by molar-refractivity contribution is 7.90. The minimum Gasteiger partial charge on any atom is -0.444 e. The summed E-state index contributed by atoms with van der Waals surface area (Å²) in [5, 5.41) is 0.582. The molecule has 0 N–H and O–H groups in total. The van der Waals surface area contributed by atoms with Crippen LogP contribution in [0, 0.1) is 6.92 Å². The van der Waals surface area contributed by atoms with E-state index in [2.05, 4.69) is 4.90 Å². The predicted octanol–water partition coefficient (Wildman–Crippen LogP) is 4.06. The molecule has 0 radical (unpaired) electrons. The molecule has 1 fully saturated rings. The van der Waals surface area contributed by atoms with Crippen molar-refractivity contribution in [3.05, 3.63) is 59.8 Å². The van der Waals surface area contributed by atoms with Crippen LogP contribution in [0.25, 0.3) is 10.9 Å². The van der Waals surface area contributed by atoms with Gasteiger partial charge in [-0.25, -0.2) is 17.2 Å². The molecule has 1 aliphatic heterocycles. The van der Waals surface area contributed by atoms with Gasteiger partial charge in [-0.1, -0.05) is 23.8 Å². The fourth-order valence-electron chi connectivity index (χ4n) is 4.10. The number of hydrogen-bond acceptors (Lipinski definition) is 6. The van der Waals surface area contributed by atoms with Gasteiger partial charge in [0.15, 0.2) is 6.29 Å². The van der Waals surface area contributed by atoms with Gasteiger partial charge in [0, 0.05) is 49.0 Å². The van der Waals surface area contributed by atoms with E-state index in [1.807, 2.05) is 33.8 Å². The van der Waals surface area contributed by atoms with E-state index in [0.29, 0.717) is 48.9 Å². The summed E-state index contributed by atoms with van der Waals surface area (Å²) in [6.45, 7) is 9.38. The summed E-state index contributed by atoms with van der Waals surface area (Å²) in [5.74, 6) is 0. The van der Waals surface area contributed by atoms with E-state index in [9.17, 15) is 18.0 Å². The Morgan fingerprint density at radius 2 is 1.65 bits per heavy atom. The lowest BCUT2D eigenvalue weighted by atomic mass is 10.1. The number of hydrogen-bond donors (Lipinski definition) is 0. The lowest BCUT2D eigenvalue weighted by molar-refractivity contribution is 0.0240. The quantitative estimate of drug-likeness (QED) is 0.520. The van der Waals surface area contributed by atoms with Gasteiger partial charge in [-0.05, 0) is 52.0 Å². The highest BCUT2D eigenvalue weighted by Crippen LogP contribution is 2.33. The smallest absolute Gasteiger partial charge is 0.410 e. The SMILES string of the molecule is Cc1ccc(S(=O)(=O)n2cc(C=O)c3c(N4CCN(C(=O)OC(C)(C)C)CC4)cccc32)cc1. The molecular formula is C25H29N3O5S. The zero-order valence-corrected chi connectivity index (χ0v) is 20.6. The molecule has 0 bridgehead atoms. The van der Waals surface area contributed by atoms with Crippen LogP contribution in [-0.2, 0) is 14.8 Å². The predicted molar refractivity (Wildman–Crippen MR) is 131 cm³/mol. The number of anilines is 1. The number of piperazine rings is 1. The van der Waals surface area contributed by atoms with E-state index < -0.39 is 15.6 Å². The molecule has 3 aromatic rings. The highest BCUT2D eigenvalue weighted by Gasteiger charge is 2.28. The van der Waals surface area contributed by atoms with Gasteiger partial charge < -0.3 is 14.5 Å². The third-order valence-corrected chi connectivity index (χ3v) is 7.47. The third kappa shape index (κ3) is 4.52. The number of aldehydes is 1. The van der Waals surface area contributed by atoms with Crippen molar-refractivity contribution in [2.24, 2.45) is 0 Å². The number of carbonyl (C=O) groups is 2. The van der Waals surface area contributed by atoms with Gasteiger partial charge in [-0.3, -0.25) is 4.79 Å². The van der Waals surface area contributed by atoms with Crippen LogP contribution in [0.15, 0.2) is 53.6 Å². The van der Waals surface area contributed by atoms with Crippen LogP contribution in [-0.4, -0.2) is 61.4 Å². The molecule has 0 saturated carbocycles. The minimum atomic E-state index is -3.89. The van der Waals surface area contributed by atoms with E-state index in [-0.39, 0.29) is 11.0 Å². The monoisotopic (exact) mass is 483 g/mol. The first-order valence-electron chi connectivity index (χ1n) is 11.2. The van der Waals surface area contributed by atoms with Crippen molar-refractivity contribution < 1.29 is 22.7 Å². The highest BCUT2D eigenvalue weighted by atomic mass is 32.2. The van der Waals surface area contributed by atoms with Crippen molar-refractivity contribution in [2.75, 3.05) is 31.1 Å². The first-order chi connectivity index (χ1) is 16.0. The van der Waals surface area contributed by atoms with Crippen molar-refractivity contribution >= 4 is 39.0 Å². The second-order valence-corrected chi connectivity index (χ2v) is 11.3. The fraction of sp³-hybridized carbons (Fsp3) is 0.360. The Kier molecular flexibility index (Phi) is 6.16. The molecule has 0 aliphatic carbocycles. The number of aryl methyl sites for hydroxylation is 1. The Labute approximate surface area is 199 Å². The van der Waals surface area contributed by atoms with E-state index in [4.69, 9.17) is 4.74 Å². The van der Waals surface area contributed by atoms with E-state index in [1.165, 1.54) is 10.2 Å². The molecule has 9 heteroatoms. The first-order valence-corrected chi connectivity index (χ1v) is 12.6. The molecule has 8 nitrogen and oxygen atoms in total. The fourth-order valence-corrected chi connectivity index (χ4v) is 5.47. The van der Waals surface area contributed by atoms with Gasteiger partial charge in [0.05, 0.1) is 10.4 Å². The molecule has 2 aromatic carbocycles. The van der Waals surface area contributed by atoms with Gasteiger partial charge in [-0.2, -0.15) is 0 Å². The van der Waals surface area contributed by atoms with E-state index in [0.717, 1.165) is 11.3 Å². The Hall–Kier alpha value is -3.33. The molecule has 180 valence electrons. The molecule has 1 amide bonds. The summed E-state index contributed by atoms with van der Waals surface area (Å²) in [7, 11) is -3.89. The molecule has 1 aromatic heterocycles. The second-order valence-electron chi connectivity index (χ2n) is 9.44. The zero-order chi connectivity index (χ0) is 24.7. The minimum absolute atomic E-state index is 0.156. The molecule has 1 aliphatic rings. The van der Waals surface area contributed by atoms with Crippen LogP contribution in [0.1, 0.15) is 36.7 Å². The van der Waals surface area contributed by atoms with Gasteiger partial charge in [0.1, 0.15) is 5.60 Å². The standard InChI is InChI=1S/C25H29N3O5S/c1-18-8-10-20(11-9-18)34(31,32)28-16-19(17-29)23-21(6-5-7-22(23)28)26-12-14-27(15-13-26)24(30)33-25(2,3)4/h5-11,16-17H,12-15H2,1-4H3. The maximum absolute atomic E-state index is 13.4. The van der Waals surface area contributed by atoms with Crippen LogP contribution < -0.4 is 4.90 Å². The lowest BCUT2D eigenvalue weighted by Crippen LogP contribution is -2.50. The first kappa shape index (κ1) is 23.8. The van der Waals surface area contributed by atoms with Crippen LogP contribution in [0.5, 0.6) is 0 Å². The Bertz CT molecular complexity index is 1330. The van der Waals surface area contributed by atoms with Crippen molar-refractivity contribution in [3.63, 3.8) is 0 Å². The number of ether oxygens (including phenoxy) is 1. The Morgan fingerprint density at radius 3 is 2.24 bits per heavy atom. The summed E-state index contributed by atoms with van der Waals surface area (Å²) < 4.78 is 33.4. The average molecular weight is 484 g/mol. The Balaban J connectivity index is 1.68. The maximum atomic E-state index is 13.4. The second kappa shape index (κ2) is 8.79. The van der Waals surface area contributed by atoms with Crippen molar-refractivity contribution in [1.82, 2.24) is 8.87 Å². The number of carbonyl (C=O) groups excluding carboxylic acids is 2. The van der Waals surface area contributed by atoms with E-state index >= 15 is 0 Å². The average Bonchev–Trinajstić information content (AvgIpc) is 3.18. The molecule has 4 rings (SSSR count). The third-order valence-electron chi connectivity index (χ3n) is 5.78. The molecule has 1 saturated heterocycles. The van der Waals surface area contributed by atoms with Crippen LogP contribution in [0.3, 0.4) is 0 Å². The number of aromatic nitrogens is 1. The van der Waals surface area contributed by atoms with Gasteiger partial charge in [0.25, 0.3) is 10.0 Å². The molecular weight excluding hydrogens is 454 g/mol. The summed E-state index contributed by atoms with van der Waals surface area (Å²) in [5.41, 5.74) is 1.90. The number of rotatable bonds is 4. The molecule has 2 heterocycles. The molecule has 0 atom stereocenters. The Morgan fingerprint density at radius 1 is 1.00 bits per heavy atom. The number of benzene rings is 2. The van der Waals surface area contributed by atoms with Gasteiger partial charge in [0.2, 0.25) is 0 Å². The normalized spacial score (nSPS) is 14.9. The summed E-state index contributed by atoms with van der Waals surface area (Å²) in [6, 6.07) is 12.0. The number of fused-ring (bicyclic) bond motifs is 1. The summed E-state index contributed by atoms with van der Waals surface area (Å²) in [4.78, 5) is 28.3. The van der Waals surface area contributed by atoms with Gasteiger partial charge in [-0.15, -0.1) is 0 Å². The molecule has 34 heavy (non-hydrogen) atoms. The van der Waals surface area contributed by atoms with Crippen molar-refractivity contribution in [1.29, 1.82) is 0 Å². The number of nitrogens with zero attached hydrogens (tertiary/aromatic N) is 3. The van der Waals surface area contributed by atoms with E-state index in [1.54, 1.807) is 41.3 Å². The lowest BCUT2D eigenvalue weighted by Gasteiger charge is -2.37. The van der Waals surface area contributed by atoms with Crippen LogP contribution in [0.4, 0.5) is 10.5 Å². The molecule has 0 unspecified atom stereocenters.